The molecule has 2 aromatic carbocycles. The van der Waals surface area contributed by atoms with Gasteiger partial charge in [-0.25, -0.2) is 14.4 Å². The van der Waals surface area contributed by atoms with Crippen LogP contribution < -0.4 is 10.6 Å². The van der Waals surface area contributed by atoms with Crippen LogP contribution in [0.15, 0.2) is 49.0 Å². The number of fused-ring (bicyclic) bond motifs is 1. The standard InChI is InChI=1S/C26H26F4N4/c1-3-15-31-23-17(11-8-13-21(23)27)16(2)32-25-19-10-5-7-14-22(19)33-24(34-25)18-9-4-6-12-20(18)26(28,29)30/h4,6,8-9,11-13,31H,2-3,5,7,10,14-15H2,1H3,(H,32,33,34). The van der Waals surface area contributed by atoms with E-state index in [1.54, 1.807) is 12.1 Å². The van der Waals surface area contributed by atoms with Crippen LogP contribution in [-0.2, 0) is 19.0 Å². The van der Waals surface area contributed by atoms with Gasteiger partial charge in [0.1, 0.15) is 11.6 Å². The molecule has 0 unspecified atom stereocenters. The Labute approximate surface area is 196 Å². The smallest absolute Gasteiger partial charge is 0.382 e. The molecule has 4 nitrogen and oxygen atoms in total. The zero-order valence-corrected chi connectivity index (χ0v) is 18.9. The van der Waals surface area contributed by atoms with Crippen molar-refractivity contribution in [2.24, 2.45) is 0 Å². The van der Waals surface area contributed by atoms with Gasteiger partial charge in [0.05, 0.1) is 11.3 Å². The van der Waals surface area contributed by atoms with Crippen molar-refractivity contribution in [1.29, 1.82) is 0 Å². The predicted octanol–water partition coefficient (Wildman–Crippen LogP) is 7.09. The molecule has 2 N–H and O–H groups in total. The maximum absolute atomic E-state index is 14.5. The molecule has 0 amide bonds. The number of aromatic nitrogens is 2. The summed E-state index contributed by atoms with van der Waals surface area (Å²) in [4.78, 5) is 9.03. The first-order valence-electron chi connectivity index (χ1n) is 11.3. The zero-order chi connectivity index (χ0) is 24.3. The molecule has 0 fully saturated rings. The van der Waals surface area contributed by atoms with Crippen molar-refractivity contribution in [2.75, 3.05) is 17.2 Å². The van der Waals surface area contributed by atoms with Crippen LogP contribution in [0.4, 0.5) is 29.1 Å². The molecule has 8 heteroatoms. The van der Waals surface area contributed by atoms with Gasteiger partial charge in [0.15, 0.2) is 5.82 Å². The number of halogens is 4. The number of para-hydroxylation sites is 1. The maximum Gasteiger partial charge on any atom is 0.417 e. The molecule has 0 saturated heterocycles. The Bertz CT molecular complexity index is 1200. The highest BCUT2D eigenvalue weighted by Gasteiger charge is 2.34. The Hall–Kier alpha value is -3.42. The molecule has 34 heavy (non-hydrogen) atoms. The molecule has 0 spiro atoms. The lowest BCUT2D eigenvalue weighted by atomic mass is 9.95. The fourth-order valence-corrected chi connectivity index (χ4v) is 4.16. The number of hydrogen-bond donors (Lipinski definition) is 2. The lowest BCUT2D eigenvalue weighted by molar-refractivity contribution is -0.137. The van der Waals surface area contributed by atoms with Gasteiger partial charge in [-0.05, 0) is 44.2 Å². The van der Waals surface area contributed by atoms with Crippen LogP contribution in [0.1, 0.15) is 48.6 Å². The van der Waals surface area contributed by atoms with Gasteiger partial charge >= 0.3 is 6.18 Å². The van der Waals surface area contributed by atoms with Crippen LogP contribution in [0.3, 0.4) is 0 Å². The lowest BCUT2D eigenvalue weighted by Gasteiger charge is -2.22. The summed E-state index contributed by atoms with van der Waals surface area (Å²) in [6.07, 6.45) is -0.526. The summed E-state index contributed by atoms with van der Waals surface area (Å²) in [5, 5.41) is 6.25. The summed E-state index contributed by atoms with van der Waals surface area (Å²) in [6.45, 7) is 6.65. The molecule has 0 atom stereocenters. The van der Waals surface area contributed by atoms with Gasteiger partial charge in [0, 0.05) is 34.6 Å². The summed E-state index contributed by atoms with van der Waals surface area (Å²) >= 11 is 0. The quantitative estimate of drug-likeness (QED) is 0.362. The summed E-state index contributed by atoms with van der Waals surface area (Å²) in [6, 6.07) is 10.00. The minimum atomic E-state index is -4.53. The Balaban J connectivity index is 1.77. The highest BCUT2D eigenvalue weighted by atomic mass is 19.4. The van der Waals surface area contributed by atoms with Crippen LogP contribution >= 0.6 is 0 Å². The van der Waals surface area contributed by atoms with Crippen molar-refractivity contribution in [2.45, 2.75) is 45.2 Å². The third-order valence-corrected chi connectivity index (χ3v) is 5.82. The van der Waals surface area contributed by atoms with E-state index >= 15 is 0 Å². The van der Waals surface area contributed by atoms with Crippen LogP contribution in [0.5, 0.6) is 0 Å². The van der Waals surface area contributed by atoms with Crippen molar-refractivity contribution in [1.82, 2.24) is 9.97 Å². The van der Waals surface area contributed by atoms with E-state index in [2.05, 4.69) is 27.2 Å². The van der Waals surface area contributed by atoms with Gasteiger partial charge in [-0.2, -0.15) is 13.2 Å². The van der Waals surface area contributed by atoms with E-state index in [-0.39, 0.29) is 11.4 Å². The van der Waals surface area contributed by atoms with Gasteiger partial charge in [0.25, 0.3) is 0 Å². The second kappa shape index (κ2) is 9.83. The first kappa shape index (κ1) is 23.7. The normalized spacial score (nSPS) is 13.3. The van der Waals surface area contributed by atoms with Crippen molar-refractivity contribution in [3.8, 4) is 11.4 Å². The molecular weight excluding hydrogens is 444 g/mol. The number of alkyl halides is 3. The van der Waals surface area contributed by atoms with E-state index in [0.29, 0.717) is 42.2 Å². The van der Waals surface area contributed by atoms with E-state index in [9.17, 15) is 17.6 Å². The van der Waals surface area contributed by atoms with Gasteiger partial charge in [-0.1, -0.05) is 43.8 Å². The fourth-order valence-electron chi connectivity index (χ4n) is 4.16. The molecule has 0 radical (unpaired) electrons. The van der Waals surface area contributed by atoms with Gasteiger partial charge in [-0.15, -0.1) is 0 Å². The minimum Gasteiger partial charge on any atom is -0.382 e. The maximum atomic E-state index is 14.5. The van der Waals surface area contributed by atoms with Gasteiger partial charge < -0.3 is 10.6 Å². The largest absolute Gasteiger partial charge is 0.417 e. The topological polar surface area (TPSA) is 49.8 Å². The number of nitrogens with zero attached hydrogens (tertiary/aromatic N) is 2. The molecule has 1 aromatic heterocycles. The molecule has 4 rings (SSSR count). The summed E-state index contributed by atoms with van der Waals surface area (Å²) < 4.78 is 55.5. The monoisotopic (exact) mass is 470 g/mol. The van der Waals surface area contributed by atoms with Gasteiger partial charge in [0.2, 0.25) is 0 Å². The fraction of sp³-hybridized carbons (Fsp3) is 0.308. The third kappa shape index (κ3) is 4.90. The average molecular weight is 471 g/mol. The second-order valence-corrected chi connectivity index (χ2v) is 8.26. The molecule has 0 aliphatic heterocycles. The first-order chi connectivity index (χ1) is 16.3. The average Bonchev–Trinajstić information content (AvgIpc) is 2.82. The number of nitrogens with one attached hydrogen (secondary N) is 2. The van der Waals surface area contributed by atoms with Crippen LogP contribution in [-0.4, -0.2) is 16.5 Å². The number of aryl methyl sites for hydroxylation is 1. The minimum absolute atomic E-state index is 0.00690. The lowest BCUT2D eigenvalue weighted by Crippen LogP contribution is -2.15. The van der Waals surface area contributed by atoms with E-state index in [1.807, 2.05) is 6.92 Å². The molecule has 0 saturated carbocycles. The third-order valence-electron chi connectivity index (χ3n) is 5.82. The number of hydrogen-bond acceptors (Lipinski definition) is 4. The van der Waals surface area contributed by atoms with E-state index in [0.717, 1.165) is 36.6 Å². The van der Waals surface area contributed by atoms with Gasteiger partial charge in [-0.3, -0.25) is 0 Å². The van der Waals surface area contributed by atoms with E-state index < -0.39 is 17.6 Å². The van der Waals surface area contributed by atoms with Crippen molar-refractivity contribution in [3.63, 3.8) is 0 Å². The summed E-state index contributed by atoms with van der Waals surface area (Å²) in [7, 11) is 0. The van der Waals surface area contributed by atoms with Crippen molar-refractivity contribution >= 4 is 17.2 Å². The summed E-state index contributed by atoms with van der Waals surface area (Å²) in [5.41, 5.74) is 1.99. The van der Waals surface area contributed by atoms with Crippen LogP contribution in [0.2, 0.25) is 0 Å². The number of anilines is 2. The number of benzene rings is 2. The SMILES string of the molecule is C=C(Nc1nc(-c2ccccc2C(F)(F)F)nc2c1CCCC2)c1cccc(F)c1NCCC. The van der Waals surface area contributed by atoms with Crippen molar-refractivity contribution in [3.05, 3.63) is 77.2 Å². The zero-order valence-electron chi connectivity index (χ0n) is 18.9. The molecule has 178 valence electrons. The Morgan fingerprint density at radius 1 is 1.03 bits per heavy atom. The molecule has 1 aliphatic rings. The molecular formula is C26H26F4N4. The Kier molecular flexibility index (Phi) is 6.86. The molecule has 1 aliphatic carbocycles. The number of rotatable bonds is 7. The Morgan fingerprint density at radius 3 is 2.56 bits per heavy atom. The predicted molar refractivity (Wildman–Crippen MR) is 127 cm³/mol. The first-order valence-corrected chi connectivity index (χ1v) is 11.3. The molecule has 1 heterocycles. The Morgan fingerprint density at radius 2 is 1.79 bits per heavy atom. The molecule has 3 aromatic rings. The molecule has 0 bridgehead atoms. The van der Waals surface area contributed by atoms with Crippen LogP contribution in [0, 0.1) is 5.82 Å². The van der Waals surface area contributed by atoms with E-state index in [4.69, 9.17) is 0 Å². The highest BCUT2D eigenvalue weighted by molar-refractivity contribution is 5.83. The highest BCUT2D eigenvalue weighted by Crippen LogP contribution is 2.38. The second-order valence-electron chi connectivity index (χ2n) is 8.26. The summed E-state index contributed by atoms with van der Waals surface area (Å²) in [5.74, 6) is 0.0123. The van der Waals surface area contributed by atoms with E-state index in [1.165, 1.54) is 24.3 Å². The van der Waals surface area contributed by atoms with Crippen LogP contribution in [0.25, 0.3) is 17.1 Å². The van der Waals surface area contributed by atoms with Crippen molar-refractivity contribution < 1.29 is 17.6 Å².